The lowest BCUT2D eigenvalue weighted by Gasteiger charge is -2.35. The summed E-state index contributed by atoms with van der Waals surface area (Å²) in [5.41, 5.74) is 2.50. The Morgan fingerprint density at radius 3 is 2.70 bits per heavy atom. The van der Waals surface area contributed by atoms with Crippen LogP contribution in [-0.4, -0.2) is 66.9 Å². The predicted molar refractivity (Wildman–Crippen MR) is 101 cm³/mol. The fourth-order valence-corrected chi connectivity index (χ4v) is 4.39. The SMILES string of the molecule is CN=C(NCc1ncccc1C)N1CCN(S(=O)(=O)Cc2ccon2)CC1. The van der Waals surface area contributed by atoms with Crippen LogP contribution in [0.3, 0.4) is 0 Å². The van der Waals surface area contributed by atoms with Gasteiger partial charge in [-0.2, -0.15) is 4.31 Å². The van der Waals surface area contributed by atoms with Crippen molar-refractivity contribution >= 4 is 16.0 Å². The van der Waals surface area contributed by atoms with Gasteiger partial charge in [0.2, 0.25) is 10.0 Å². The molecule has 1 aliphatic rings. The molecule has 0 aromatic carbocycles. The lowest BCUT2D eigenvalue weighted by Crippen LogP contribution is -2.53. The highest BCUT2D eigenvalue weighted by Crippen LogP contribution is 2.13. The van der Waals surface area contributed by atoms with Crippen LogP contribution < -0.4 is 5.32 Å². The molecular formula is C17H24N6O3S. The van der Waals surface area contributed by atoms with Crippen molar-refractivity contribution in [1.82, 2.24) is 24.7 Å². The Kier molecular flexibility index (Phi) is 6.07. The van der Waals surface area contributed by atoms with Gasteiger partial charge in [0.25, 0.3) is 0 Å². The normalized spacial score (nSPS) is 16.5. The number of piperazine rings is 1. The summed E-state index contributed by atoms with van der Waals surface area (Å²) in [5, 5.41) is 7.00. The number of aryl methyl sites for hydroxylation is 1. The van der Waals surface area contributed by atoms with Crippen molar-refractivity contribution in [3.05, 3.63) is 47.6 Å². The van der Waals surface area contributed by atoms with E-state index in [4.69, 9.17) is 4.52 Å². The molecule has 3 heterocycles. The zero-order chi connectivity index (χ0) is 19.3. The zero-order valence-corrected chi connectivity index (χ0v) is 16.3. The Morgan fingerprint density at radius 1 is 1.30 bits per heavy atom. The standard InChI is InChI=1S/C17H24N6O3S/c1-14-4-3-6-19-16(14)12-20-17(18-2)22-7-9-23(10-8-22)27(24,25)13-15-5-11-26-21-15/h3-6,11H,7-10,12-13H2,1-2H3,(H,18,20). The van der Waals surface area contributed by atoms with Crippen LogP contribution in [0.2, 0.25) is 0 Å². The molecule has 146 valence electrons. The van der Waals surface area contributed by atoms with Crippen molar-refractivity contribution in [2.24, 2.45) is 4.99 Å². The Labute approximate surface area is 159 Å². The minimum atomic E-state index is -3.41. The van der Waals surface area contributed by atoms with Crippen molar-refractivity contribution in [2.75, 3.05) is 33.2 Å². The third-order valence-corrected chi connectivity index (χ3v) is 6.31. The highest BCUT2D eigenvalue weighted by atomic mass is 32.2. The first kappa shape index (κ1) is 19.3. The first-order chi connectivity index (χ1) is 13.0. The summed E-state index contributed by atoms with van der Waals surface area (Å²) in [6.45, 7) is 4.54. The maximum absolute atomic E-state index is 12.5. The van der Waals surface area contributed by atoms with Crippen LogP contribution in [0.15, 0.2) is 40.2 Å². The van der Waals surface area contributed by atoms with E-state index in [0.717, 1.165) is 17.2 Å². The van der Waals surface area contributed by atoms with E-state index < -0.39 is 10.0 Å². The largest absolute Gasteiger partial charge is 0.364 e. The minimum Gasteiger partial charge on any atom is -0.364 e. The molecule has 0 unspecified atom stereocenters. The van der Waals surface area contributed by atoms with E-state index in [0.29, 0.717) is 38.4 Å². The molecule has 0 saturated carbocycles. The van der Waals surface area contributed by atoms with Gasteiger partial charge in [-0.05, 0) is 18.6 Å². The summed E-state index contributed by atoms with van der Waals surface area (Å²) >= 11 is 0. The van der Waals surface area contributed by atoms with Gasteiger partial charge in [0.1, 0.15) is 12.0 Å². The van der Waals surface area contributed by atoms with Crippen molar-refractivity contribution in [2.45, 2.75) is 19.2 Å². The van der Waals surface area contributed by atoms with Crippen LogP contribution in [0.1, 0.15) is 17.0 Å². The number of hydrogen-bond donors (Lipinski definition) is 1. The van der Waals surface area contributed by atoms with Crippen LogP contribution in [-0.2, 0) is 22.3 Å². The lowest BCUT2D eigenvalue weighted by atomic mass is 10.2. The summed E-state index contributed by atoms with van der Waals surface area (Å²) in [6, 6.07) is 5.50. The Balaban J connectivity index is 1.55. The van der Waals surface area contributed by atoms with Crippen molar-refractivity contribution < 1.29 is 12.9 Å². The number of aliphatic imine (C=N–C) groups is 1. The van der Waals surface area contributed by atoms with E-state index in [1.165, 1.54) is 10.6 Å². The third kappa shape index (κ3) is 4.83. The van der Waals surface area contributed by atoms with Gasteiger partial charge >= 0.3 is 0 Å². The molecule has 3 rings (SSSR count). The monoisotopic (exact) mass is 392 g/mol. The molecule has 0 amide bonds. The molecule has 1 saturated heterocycles. The van der Waals surface area contributed by atoms with E-state index >= 15 is 0 Å². The van der Waals surface area contributed by atoms with E-state index in [1.807, 2.05) is 19.1 Å². The quantitative estimate of drug-likeness (QED) is 0.587. The van der Waals surface area contributed by atoms with Gasteiger partial charge < -0.3 is 14.7 Å². The first-order valence-electron chi connectivity index (χ1n) is 8.73. The second-order valence-electron chi connectivity index (χ2n) is 6.30. The summed E-state index contributed by atoms with van der Waals surface area (Å²) in [5.74, 6) is 0.601. The number of sulfonamides is 1. The first-order valence-corrected chi connectivity index (χ1v) is 10.3. The zero-order valence-electron chi connectivity index (χ0n) is 15.5. The highest BCUT2D eigenvalue weighted by Gasteiger charge is 2.29. The van der Waals surface area contributed by atoms with E-state index in [9.17, 15) is 8.42 Å². The smallest absolute Gasteiger partial charge is 0.220 e. The molecule has 1 aliphatic heterocycles. The number of hydrogen-bond acceptors (Lipinski definition) is 6. The van der Waals surface area contributed by atoms with Gasteiger partial charge in [-0.3, -0.25) is 9.98 Å². The molecule has 27 heavy (non-hydrogen) atoms. The molecule has 1 fully saturated rings. The fourth-order valence-electron chi connectivity index (χ4n) is 2.97. The van der Waals surface area contributed by atoms with Gasteiger partial charge in [0, 0.05) is 45.5 Å². The van der Waals surface area contributed by atoms with Gasteiger partial charge in [-0.1, -0.05) is 11.2 Å². The second kappa shape index (κ2) is 8.49. The van der Waals surface area contributed by atoms with E-state index in [1.54, 1.807) is 19.3 Å². The third-order valence-electron chi connectivity index (χ3n) is 4.50. The molecule has 9 nitrogen and oxygen atoms in total. The van der Waals surface area contributed by atoms with Crippen LogP contribution in [0.25, 0.3) is 0 Å². The fraction of sp³-hybridized carbons (Fsp3) is 0.471. The minimum absolute atomic E-state index is 0.143. The summed E-state index contributed by atoms with van der Waals surface area (Å²) in [7, 11) is -1.69. The van der Waals surface area contributed by atoms with Gasteiger partial charge in [0.15, 0.2) is 5.96 Å². The van der Waals surface area contributed by atoms with Gasteiger partial charge in [-0.15, -0.1) is 0 Å². The second-order valence-corrected chi connectivity index (χ2v) is 8.27. The van der Waals surface area contributed by atoms with E-state index in [2.05, 4.69) is 25.3 Å². The predicted octanol–water partition coefficient (Wildman–Crippen LogP) is 0.601. The average Bonchev–Trinajstić information content (AvgIpc) is 3.16. The number of pyridine rings is 1. The van der Waals surface area contributed by atoms with Crippen LogP contribution >= 0.6 is 0 Å². The molecule has 2 aromatic heterocycles. The molecule has 2 aromatic rings. The molecule has 1 N–H and O–H groups in total. The van der Waals surface area contributed by atoms with Crippen LogP contribution in [0, 0.1) is 6.92 Å². The maximum atomic E-state index is 12.5. The number of rotatable bonds is 5. The van der Waals surface area contributed by atoms with Gasteiger partial charge in [-0.25, -0.2) is 8.42 Å². The average molecular weight is 392 g/mol. The molecule has 10 heteroatoms. The summed E-state index contributed by atoms with van der Waals surface area (Å²) < 4.78 is 31.2. The Bertz CT molecular complexity index is 874. The van der Waals surface area contributed by atoms with Crippen molar-refractivity contribution in [3.8, 4) is 0 Å². The van der Waals surface area contributed by atoms with Crippen LogP contribution in [0.4, 0.5) is 0 Å². The molecule has 0 aliphatic carbocycles. The van der Waals surface area contributed by atoms with E-state index in [-0.39, 0.29) is 5.75 Å². The molecule has 0 spiro atoms. The highest BCUT2D eigenvalue weighted by molar-refractivity contribution is 7.88. The van der Waals surface area contributed by atoms with Crippen molar-refractivity contribution in [3.63, 3.8) is 0 Å². The molecular weight excluding hydrogens is 368 g/mol. The molecule has 0 radical (unpaired) electrons. The topological polar surface area (TPSA) is 104 Å². The Morgan fingerprint density at radius 2 is 2.07 bits per heavy atom. The van der Waals surface area contributed by atoms with Crippen molar-refractivity contribution in [1.29, 1.82) is 0 Å². The molecule has 0 atom stereocenters. The summed E-state index contributed by atoms with van der Waals surface area (Å²) in [4.78, 5) is 10.7. The summed E-state index contributed by atoms with van der Waals surface area (Å²) in [6.07, 6.45) is 3.15. The maximum Gasteiger partial charge on any atom is 0.220 e. The van der Waals surface area contributed by atoms with Gasteiger partial charge in [0.05, 0.1) is 17.9 Å². The Hall–Kier alpha value is -2.46. The number of aromatic nitrogens is 2. The van der Waals surface area contributed by atoms with Crippen LogP contribution in [0.5, 0.6) is 0 Å². The number of guanidine groups is 1. The number of nitrogens with zero attached hydrogens (tertiary/aromatic N) is 5. The molecule has 0 bridgehead atoms. The lowest BCUT2D eigenvalue weighted by molar-refractivity contribution is 0.259. The number of nitrogens with one attached hydrogen (secondary N) is 1.